The van der Waals surface area contributed by atoms with Crippen LogP contribution in [0, 0.1) is 0 Å². The molecular formula is C9H14ClNO. The zero-order valence-corrected chi connectivity index (χ0v) is 8.00. The first-order valence-corrected chi connectivity index (χ1v) is 5.22. The molecule has 5 atom stereocenters. The lowest BCUT2D eigenvalue weighted by molar-refractivity contribution is -0.0681. The van der Waals surface area contributed by atoms with Gasteiger partial charge in [-0.2, -0.15) is 0 Å². The second-order valence-electron chi connectivity index (χ2n) is 4.27. The van der Waals surface area contributed by atoms with Crippen molar-refractivity contribution in [1.82, 2.24) is 4.90 Å². The van der Waals surface area contributed by atoms with E-state index in [1.165, 1.54) is 6.42 Å². The van der Waals surface area contributed by atoms with Crippen LogP contribution in [0.3, 0.4) is 0 Å². The van der Waals surface area contributed by atoms with Gasteiger partial charge in [-0.3, -0.25) is 4.90 Å². The third-order valence-electron chi connectivity index (χ3n) is 3.77. The number of likely N-dealkylation sites (N-methyl/N-ethyl adjacent to an activating group) is 1. The van der Waals surface area contributed by atoms with Gasteiger partial charge < -0.3 is 4.74 Å². The van der Waals surface area contributed by atoms with Crippen molar-refractivity contribution >= 4 is 11.6 Å². The van der Waals surface area contributed by atoms with Gasteiger partial charge in [-0.05, 0) is 26.3 Å². The molecule has 12 heavy (non-hydrogen) atoms. The van der Waals surface area contributed by atoms with Crippen molar-refractivity contribution in [1.29, 1.82) is 0 Å². The minimum Gasteiger partial charge on any atom is -0.372 e. The molecule has 3 aliphatic heterocycles. The van der Waals surface area contributed by atoms with E-state index in [9.17, 15) is 0 Å². The van der Waals surface area contributed by atoms with Gasteiger partial charge in [-0.15, -0.1) is 11.6 Å². The molecule has 3 heterocycles. The first-order valence-electron chi connectivity index (χ1n) is 4.79. The minimum atomic E-state index is 0.235. The van der Waals surface area contributed by atoms with E-state index >= 15 is 0 Å². The van der Waals surface area contributed by atoms with E-state index in [2.05, 4.69) is 11.9 Å². The molecule has 0 spiro atoms. The summed E-state index contributed by atoms with van der Waals surface area (Å²) >= 11 is 6.33. The summed E-state index contributed by atoms with van der Waals surface area (Å²) in [4.78, 5) is 2.44. The third-order valence-corrected chi connectivity index (χ3v) is 4.34. The number of hydrogen-bond acceptors (Lipinski definition) is 2. The highest BCUT2D eigenvalue weighted by molar-refractivity contribution is 6.21. The number of likely N-dealkylation sites (tertiary alicyclic amines) is 1. The van der Waals surface area contributed by atoms with E-state index in [0.717, 1.165) is 12.8 Å². The monoisotopic (exact) mass is 187 g/mol. The number of alkyl halides is 1. The highest BCUT2D eigenvalue weighted by atomic mass is 35.5. The van der Waals surface area contributed by atoms with Gasteiger partial charge in [0.15, 0.2) is 0 Å². The van der Waals surface area contributed by atoms with Gasteiger partial charge >= 0.3 is 0 Å². The fourth-order valence-electron chi connectivity index (χ4n) is 3.07. The van der Waals surface area contributed by atoms with Gasteiger partial charge in [-0.1, -0.05) is 0 Å². The summed E-state index contributed by atoms with van der Waals surface area (Å²) in [6.07, 6.45) is 4.44. The summed E-state index contributed by atoms with van der Waals surface area (Å²) in [5, 5.41) is 0.235. The van der Waals surface area contributed by atoms with Gasteiger partial charge in [-0.25, -0.2) is 0 Å². The van der Waals surface area contributed by atoms with E-state index in [1.807, 2.05) is 0 Å². The summed E-state index contributed by atoms with van der Waals surface area (Å²) in [5.74, 6) is 0. The SMILES string of the molecule is CN1C2CCC3OC2CC1C3Cl. The van der Waals surface area contributed by atoms with Crippen molar-refractivity contribution in [2.75, 3.05) is 7.05 Å². The van der Waals surface area contributed by atoms with Gasteiger partial charge in [0.25, 0.3) is 0 Å². The highest BCUT2D eigenvalue weighted by Crippen LogP contribution is 2.44. The second-order valence-corrected chi connectivity index (χ2v) is 4.77. The van der Waals surface area contributed by atoms with E-state index in [4.69, 9.17) is 16.3 Å². The Morgan fingerprint density at radius 3 is 2.92 bits per heavy atom. The lowest BCUT2D eigenvalue weighted by Crippen LogP contribution is -2.44. The van der Waals surface area contributed by atoms with Gasteiger partial charge in [0.2, 0.25) is 0 Å². The number of nitrogens with zero attached hydrogens (tertiary/aromatic N) is 1. The second kappa shape index (κ2) is 2.37. The number of rotatable bonds is 0. The fourth-order valence-corrected chi connectivity index (χ4v) is 3.54. The molecule has 0 radical (unpaired) electrons. The molecule has 0 amide bonds. The fraction of sp³-hybridized carbons (Fsp3) is 1.00. The van der Waals surface area contributed by atoms with Crippen LogP contribution in [0.1, 0.15) is 19.3 Å². The molecule has 0 aliphatic carbocycles. The maximum atomic E-state index is 6.33. The molecule has 0 saturated carbocycles. The van der Waals surface area contributed by atoms with Crippen LogP contribution in [-0.4, -0.2) is 41.6 Å². The molecule has 68 valence electrons. The van der Waals surface area contributed by atoms with Crippen molar-refractivity contribution in [3.05, 3.63) is 0 Å². The average molecular weight is 188 g/mol. The van der Waals surface area contributed by atoms with Gasteiger partial charge in [0.05, 0.1) is 17.6 Å². The molecule has 0 aromatic heterocycles. The van der Waals surface area contributed by atoms with E-state index in [-0.39, 0.29) is 5.38 Å². The van der Waals surface area contributed by atoms with Crippen LogP contribution < -0.4 is 0 Å². The maximum absolute atomic E-state index is 6.33. The van der Waals surface area contributed by atoms with Gasteiger partial charge in [0, 0.05) is 12.1 Å². The van der Waals surface area contributed by atoms with E-state index in [0.29, 0.717) is 24.3 Å². The summed E-state index contributed by atoms with van der Waals surface area (Å²) < 4.78 is 5.89. The molecule has 3 saturated heterocycles. The first-order chi connectivity index (χ1) is 5.77. The Hall–Kier alpha value is 0.210. The average Bonchev–Trinajstić information content (AvgIpc) is 2.33. The van der Waals surface area contributed by atoms with Crippen molar-refractivity contribution < 1.29 is 4.74 Å². The third kappa shape index (κ3) is 0.785. The molecule has 3 bridgehead atoms. The Bertz CT molecular complexity index is 205. The Morgan fingerprint density at radius 2 is 2.08 bits per heavy atom. The lowest BCUT2D eigenvalue weighted by atomic mass is 9.92. The van der Waals surface area contributed by atoms with Crippen LogP contribution in [-0.2, 0) is 4.74 Å². The predicted molar refractivity (Wildman–Crippen MR) is 47.5 cm³/mol. The van der Waals surface area contributed by atoms with Crippen LogP contribution >= 0.6 is 11.6 Å². The molecule has 2 nitrogen and oxygen atoms in total. The van der Waals surface area contributed by atoms with Gasteiger partial charge in [0.1, 0.15) is 0 Å². The molecule has 3 rings (SSSR count). The Morgan fingerprint density at radius 1 is 1.25 bits per heavy atom. The Labute approximate surface area is 77.8 Å². The number of ether oxygens (including phenoxy) is 1. The van der Waals surface area contributed by atoms with Crippen molar-refractivity contribution in [3.8, 4) is 0 Å². The number of hydrogen-bond donors (Lipinski definition) is 0. The topological polar surface area (TPSA) is 12.5 Å². The molecule has 5 unspecified atom stereocenters. The quantitative estimate of drug-likeness (QED) is 0.529. The summed E-state index contributed by atoms with van der Waals surface area (Å²) in [6.45, 7) is 0. The summed E-state index contributed by atoms with van der Waals surface area (Å²) in [5.41, 5.74) is 0. The smallest absolute Gasteiger partial charge is 0.0759 e. The molecule has 3 heteroatoms. The van der Waals surface area contributed by atoms with E-state index < -0.39 is 0 Å². The predicted octanol–water partition coefficient (Wildman–Crippen LogP) is 1.23. The van der Waals surface area contributed by atoms with Crippen LogP contribution in [0.2, 0.25) is 0 Å². The Kier molecular flexibility index (Phi) is 1.50. The summed E-state index contributed by atoms with van der Waals surface area (Å²) in [6, 6.07) is 1.25. The van der Waals surface area contributed by atoms with E-state index in [1.54, 1.807) is 0 Å². The molecule has 0 aromatic carbocycles. The first kappa shape index (κ1) is 7.60. The molecule has 3 fully saturated rings. The van der Waals surface area contributed by atoms with Crippen LogP contribution in [0.4, 0.5) is 0 Å². The van der Waals surface area contributed by atoms with Crippen LogP contribution in [0.25, 0.3) is 0 Å². The minimum absolute atomic E-state index is 0.235. The normalized spacial score (nSPS) is 58.0. The molecule has 0 N–H and O–H groups in total. The maximum Gasteiger partial charge on any atom is 0.0759 e. The van der Waals surface area contributed by atoms with Crippen LogP contribution in [0.15, 0.2) is 0 Å². The van der Waals surface area contributed by atoms with Crippen molar-refractivity contribution in [3.63, 3.8) is 0 Å². The Balaban J connectivity index is 1.98. The zero-order valence-electron chi connectivity index (χ0n) is 7.24. The van der Waals surface area contributed by atoms with Crippen molar-refractivity contribution in [2.24, 2.45) is 0 Å². The molecule has 0 aromatic rings. The molecule has 3 aliphatic rings. The molecular weight excluding hydrogens is 174 g/mol. The standard InChI is InChI=1S/C9H14ClNO/c1-11-5-2-3-7-9(10)6(11)4-8(5)12-7/h5-9H,2-4H2,1H3. The lowest BCUT2D eigenvalue weighted by Gasteiger charge is -2.36. The van der Waals surface area contributed by atoms with Crippen LogP contribution in [0.5, 0.6) is 0 Å². The largest absolute Gasteiger partial charge is 0.372 e. The number of halogens is 1. The summed E-state index contributed by atoms with van der Waals surface area (Å²) in [7, 11) is 2.20. The highest BCUT2D eigenvalue weighted by Gasteiger charge is 2.53. The van der Waals surface area contributed by atoms with Crippen molar-refractivity contribution in [2.45, 2.75) is 48.9 Å². The number of fused-ring (bicyclic) bond motifs is 2. The zero-order chi connectivity index (χ0) is 8.29.